The zero-order valence-corrected chi connectivity index (χ0v) is 5.99. The molecule has 10 heavy (non-hydrogen) atoms. The van der Waals surface area contributed by atoms with Crippen LogP contribution in [0.15, 0.2) is 0 Å². The third-order valence-corrected chi connectivity index (χ3v) is 1.67. The average molecular weight is 147 g/mol. The van der Waals surface area contributed by atoms with E-state index in [1.807, 2.05) is 0 Å². The standard InChI is InChI=1S/C6H13NO3/c1-9-6-2-4(7)5(8)3-10-6/h4-6,8H,2-3,7H2,1H3/t4-,5+,6+/m0/s1. The summed E-state index contributed by atoms with van der Waals surface area (Å²) in [5.41, 5.74) is 5.53. The Labute approximate surface area is 59.9 Å². The summed E-state index contributed by atoms with van der Waals surface area (Å²) in [6, 6.07) is -0.210. The van der Waals surface area contributed by atoms with E-state index in [0.717, 1.165) is 0 Å². The lowest BCUT2D eigenvalue weighted by Gasteiger charge is -2.29. The SMILES string of the molecule is CO[C@H]1C[C@H](N)[C@H](O)CO1. The predicted molar refractivity (Wildman–Crippen MR) is 35.3 cm³/mol. The fourth-order valence-corrected chi connectivity index (χ4v) is 0.941. The van der Waals surface area contributed by atoms with Gasteiger partial charge in [-0.25, -0.2) is 0 Å². The van der Waals surface area contributed by atoms with Crippen molar-refractivity contribution in [2.75, 3.05) is 13.7 Å². The molecule has 3 N–H and O–H groups in total. The van der Waals surface area contributed by atoms with Gasteiger partial charge in [-0.3, -0.25) is 0 Å². The number of hydrogen-bond acceptors (Lipinski definition) is 4. The highest BCUT2D eigenvalue weighted by Gasteiger charge is 2.26. The topological polar surface area (TPSA) is 64.7 Å². The van der Waals surface area contributed by atoms with Gasteiger partial charge < -0.3 is 20.3 Å². The van der Waals surface area contributed by atoms with E-state index in [0.29, 0.717) is 6.42 Å². The van der Waals surface area contributed by atoms with Crippen LogP contribution in [0.5, 0.6) is 0 Å². The van der Waals surface area contributed by atoms with E-state index < -0.39 is 6.10 Å². The summed E-state index contributed by atoms with van der Waals surface area (Å²) in [5.74, 6) is 0. The van der Waals surface area contributed by atoms with Gasteiger partial charge in [-0.2, -0.15) is 0 Å². The predicted octanol–water partition coefficient (Wildman–Crippen LogP) is -0.933. The normalized spacial score (nSPS) is 41.7. The Balaban J connectivity index is 2.33. The highest BCUT2D eigenvalue weighted by molar-refractivity contribution is 4.76. The maximum Gasteiger partial charge on any atom is 0.158 e. The molecule has 3 atom stereocenters. The molecule has 1 aliphatic heterocycles. The molecule has 60 valence electrons. The minimum absolute atomic E-state index is 0.210. The van der Waals surface area contributed by atoms with E-state index in [9.17, 15) is 0 Å². The van der Waals surface area contributed by atoms with Crippen LogP contribution in [0.3, 0.4) is 0 Å². The maximum atomic E-state index is 9.09. The van der Waals surface area contributed by atoms with Gasteiger partial charge in [0.05, 0.1) is 12.7 Å². The van der Waals surface area contributed by atoms with Crippen molar-refractivity contribution in [1.82, 2.24) is 0 Å². The maximum absolute atomic E-state index is 9.09. The molecule has 1 saturated heterocycles. The van der Waals surface area contributed by atoms with E-state index >= 15 is 0 Å². The summed E-state index contributed by atoms with van der Waals surface area (Å²) in [7, 11) is 1.56. The van der Waals surface area contributed by atoms with E-state index in [1.165, 1.54) is 0 Å². The van der Waals surface area contributed by atoms with E-state index in [4.69, 9.17) is 20.3 Å². The average Bonchev–Trinajstić information content (AvgIpc) is 1.95. The Morgan fingerprint density at radius 3 is 2.90 bits per heavy atom. The van der Waals surface area contributed by atoms with Crippen molar-refractivity contribution < 1.29 is 14.6 Å². The molecule has 1 aliphatic rings. The number of hydrogen-bond donors (Lipinski definition) is 2. The minimum Gasteiger partial charge on any atom is -0.389 e. The monoisotopic (exact) mass is 147 g/mol. The highest BCUT2D eigenvalue weighted by atomic mass is 16.7. The molecule has 0 aromatic heterocycles. The van der Waals surface area contributed by atoms with Gasteiger partial charge in [0.25, 0.3) is 0 Å². The molecule has 1 heterocycles. The fraction of sp³-hybridized carbons (Fsp3) is 1.00. The van der Waals surface area contributed by atoms with Crippen molar-refractivity contribution in [3.8, 4) is 0 Å². The molecule has 4 nitrogen and oxygen atoms in total. The Hall–Kier alpha value is -0.160. The summed E-state index contributed by atoms with van der Waals surface area (Å²) in [4.78, 5) is 0. The Kier molecular flexibility index (Phi) is 2.62. The van der Waals surface area contributed by atoms with E-state index in [2.05, 4.69) is 0 Å². The second kappa shape index (κ2) is 3.30. The molecule has 1 fully saturated rings. The lowest BCUT2D eigenvalue weighted by molar-refractivity contribution is -0.178. The van der Waals surface area contributed by atoms with Crippen LogP contribution in [0.1, 0.15) is 6.42 Å². The zero-order chi connectivity index (χ0) is 7.56. The molecule has 1 rings (SSSR count). The lowest BCUT2D eigenvalue weighted by Crippen LogP contribution is -2.46. The lowest BCUT2D eigenvalue weighted by atomic mass is 10.1. The molecule has 4 heteroatoms. The third kappa shape index (κ3) is 1.67. The molecule has 0 amide bonds. The van der Waals surface area contributed by atoms with Gasteiger partial charge in [0.1, 0.15) is 0 Å². The number of methoxy groups -OCH3 is 1. The molecule has 0 unspecified atom stereocenters. The van der Waals surface area contributed by atoms with Crippen LogP contribution >= 0.6 is 0 Å². The number of ether oxygens (including phenoxy) is 2. The van der Waals surface area contributed by atoms with Gasteiger partial charge in [0.15, 0.2) is 6.29 Å². The Morgan fingerprint density at radius 1 is 1.70 bits per heavy atom. The number of nitrogens with two attached hydrogens (primary N) is 1. The molecular formula is C6H13NO3. The molecule has 0 spiro atoms. The molecule has 0 saturated carbocycles. The summed E-state index contributed by atoms with van der Waals surface area (Å²) in [6.45, 7) is 0.277. The van der Waals surface area contributed by atoms with Gasteiger partial charge >= 0.3 is 0 Å². The van der Waals surface area contributed by atoms with Crippen molar-refractivity contribution in [3.63, 3.8) is 0 Å². The summed E-state index contributed by atoms with van der Waals surface area (Å²) in [6.07, 6.45) is -0.206. The van der Waals surface area contributed by atoms with Crippen molar-refractivity contribution in [1.29, 1.82) is 0 Å². The largest absolute Gasteiger partial charge is 0.389 e. The van der Waals surface area contributed by atoms with Crippen LogP contribution in [-0.2, 0) is 9.47 Å². The van der Waals surface area contributed by atoms with Crippen molar-refractivity contribution in [2.45, 2.75) is 24.9 Å². The van der Waals surface area contributed by atoms with E-state index in [-0.39, 0.29) is 18.9 Å². The Bertz CT molecular complexity index is 109. The quantitative estimate of drug-likeness (QED) is 0.503. The second-order valence-electron chi connectivity index (χ2n) is 2.47. The van der Waals surface area contributed by atoms with Gasteiger partial charge in [-0.1, -0.05) is 0 Å². The first-order chi connectivity index (χ1) is 4.74. The number of rotatable bonds is 1. The van der Waals surface area contributed by atoms with Crippen LogP contribution in [0.25, 0.3) is 0 Å². The van der Waals surface area contributed by atoms with Gasteiger partial charge in [-0.05, 0) is 0 Å². The summed E-state index contributed by atoms with van der Waals surface area (Å²) in [5, 5.41) is 9.09. The van der Waals surface area contributed by atoms with Crippen molar-refractivity contribution >= 4 is 0 Å². The molecule has 0 aromatic carbocycles. The molecule has 0 bridgehead atoms. The van der Waals surface area contributed by atoms with Crippen molar-refractivity contribution in [2.24, 2.45) is 5.73 Å². The van der Waals surface area contributed by atoms with Crippen LogP contribution < -0.4 is 5.73 Å². The van der Waals surface area contributed by atoms with Crippen LogP contribution in [-0.4, -0.2) is 37.3 Å². The zero-order valence-electron chi connectivity index (χ0n) is 5.99. The van der Waals surface area contributed by atoms with Gasteiger partial charge in [-0.15, -0.1) is 0 Å². The Morgan fingerprint density at radius 2 is 2.40 bits per heavy atom. The van der Waals surface area contributed by atoms with Crippen molar-refractivity contribution in [3.05, 3.63) is 0 Å². The summed E-state index contributed by atoms with van der Waals surface area (Å²) >= 11 is 0. The first-order valence-corrected chi connectivity index (χ1v) is 3.32. The van der Waals surface area contributed by atoms with Crippen LogP contribution in [0.2, 0.25) is 0 Å². The van der Waals surface area contributed by atoms with E-state index in [1.54, 1.807) is 7.11 Å². The summed E-state index contributed by atoms with van der Waals surface area (Å²) < 4.78 is 9.95. The molecular weight excluding hydrogens is 134 g/mol. The van der Waals surface area contributed by atoms with Gasteiger partial charge in [0, 0.05) is 19.6 Å². The first-order valence-electron chi connectivity index (χ1n) is 3.32. The molecule has 0 radical (unpaired) electrons. The first kappa shape index (κ1) is 7.94. The smallest absolute Gasteiger partial charge is 0.158 e. The van der Waals surface area contributed by atoms with Crippen LogP contribution in [0.4, 0.5) is 0 Å². The minimum atomic E-state index is -0.536. The van der Waals surface area contributed by atoms with Crippen LogP contribution in [0, 0.1) is 0 Å². The third-order valence-electron chi connectivity index (χ3n) is 1.67. The molecule has 0 aromatic rings. The molecule has 0 aliphatic carbocycles. The number of aliphatic hydroxyl groups excluding tert-OH is 1. The van der Waals surface area contributed by atoms with Gasteiger partial charge in [0.2, 0.25) is 0 Å². The number of aliphatic hydroxyl groups is 1. The second-order valence-corrected chi connectivity index (χ2v) is 2.47. The fourth-order valence-electron chi connectivity index (χ4n) is 0.941. The highest BCUT2D eigenvalue weighted by Crippen LogP contribution is 2.12.